The Labute approximate surface area is 126 Å². The first-order valence-electron chi connectivity index (χ1n) is 7.28. The van der Waals surface area contributed by atoms with Gasteiger partial charge >= 0.3 is 5.97 Å². The molecule has 3 heterocycles. The number of aliphatic carboxylic acids is 1. The summed E-state index contributed by atoms with van der Waals surface area (Å²) in [7, 11) is 1.73. The number of aryl methyl sites for hydroxylation is 1. The minimum atomic E-state index is -1.92. The summed E-state index contributed by atoms with van der Waals surface area (Å²) in [5.74, 6) is -2.35. The van der Waals surface area contributed by atoms with Gasteiger partial charge in [-0.25, -0.2) is 9.18 Å². The van der Waals surface area contributed by atoms with Crippen LogP contribution in [0.15, 0.2) is 6.20 Å². The number of amides is 1. The Hall–Kier alpha value is -1.96. The predicted molar refractivity (Wildman–Crippen MR) is 73.1 cm³/mol. The van der Waals surface area contributed by atoms with E-state index >= 15 is 0 Å². The van der Waals surface area contributed by atoms with E-state index in [-0.39, 0.29) is 25.1 Å². The molecule has 2 aliphatic rings. The highest BCUT2D eigenvalue weighted by Crippen LogP contribution is 2.31. The van der Waals surface area contributed by atoms with E-state index in [2.05, 4.69) is 5.10 Å². The standard InChI is InChI=1S/C14H18FN3O4/c1-17-7-9(12(16-17)10-3-2-4-22-10)13(19)18-5-8(6-18)11(15)14(20)21/h7-8,10-11H,2-6H2,1H3,(H,20,21). The van der Waals surface area contributed by atoms with Gasteiger partial charge in [-0.1, -0.05) is 0 Å². The molecule has 120 valence electrons. The van der Waals surface area contributed by atoms with Crippen molar-refractivity contribution in [2.24, 2.45) is 13.0 Å². The zero-order valence-corrected chi connectivity index (χ0v) is 12.2. The highest BCUT2D eigenvalue weighted by atomic mass is 19.1. The molecular weight excluding hydrogens is 293 g/mol. The van der Waals surface area contributed by atoms with E-state index < -0.39 is 18.1 Å². The maximum Gasteiger partial charge on any atom is 0.338 e. The van der Waals surface area contributed by atoms with Gasteiger partial charge in [0.1, 0.15) is 11.8 Å². The van der Waals surface area contributed by atoms with Crippen molar-refractivity contribution in [2.75, 3.05) is 19.7 Å². The predicted octanol–water partition coefficient (Wildman–Crippen LogP) is 0.766. The molecule has 1 N–H and O–H groups in total. The van der Waals surface area contributed by atoms with Crippen molar-refractivity contribution in [3.05, 3.63) is 17.5 Å². The van der Waals surface area contributed by atoms with Crippen LogP contribution in [0, 0.1) is 5.92 Å². The second-order valence-corrected chi connectivity index (χ2v) is 5.81. The van der Waals surface area contributed by atoms with E-state index in [1.165, 1.54) is 4.90 Å². The van der Waals surface area contributed by atoms with Crippen LogP contribution < -0.4 is 0 Å². The lowest BCUT2D eigenvalue weighted by Gasteiger charge is -2.39. The Morgan fingerprint density at radius 2 is 2.23 bits per heavy atom. The Bertz CT molecular complexity index is 591. The average molecular weight is 311 g/mol. The third kappa shape index (κ3) is 2.58. The first-order valence-corrected chi connectivity index (χ1v) is 7.28. The largest absolute Gasteiger partial charge is 0.479 e. The van der Waals surface area contributed by atoms with Gasteiger partial charge in [0.2, 0.25) is 6.17 Å². The van der Waals surface area contributed by atoms with E-state index in [4.69, 9.17) is 9.84 Å². The molecule has 1 aromatic heterocycles. The van der Waals surface area contributed by atoms with Gasteiger partial charge in [-0.15, -0.1) is 0 Å². The van der Waals surface area contributed by atoms with Gasteiger partial charge in [0.15, 0.2) is 0 Å². The van der Waals surface area contributed by atoms with Crippen molar-refractivity contribution < 1.29 is 23.8 Å². The molecule has 2 unspecified atom stereocenters. The third-order valence-corrected chi connectivity index (χ3v) is 4.17. The number of hydrogen-bond donors (Lipinski definition) is 1. The summed E-state index contributed by atoms with van der Waals surface area (Å²) in [5.41, 5.74) is 1.07. The number of carboxylic acid groups (broad SMARTS) is 1. The fourth-order valence-corrected chi connectivity index (χ4v) is 2.94. The van der Waals surface area contributed by atoms with Gasteiger partial charge in [0.25, 0.3) is 5.91 Å². The van der Waals surface area contributed by atoms with Gasteiger partial charge in [0, 0.05) is 38.9 Å². The molecule has 2 saturated heterocycles. The summed E-state index contributed by atoms with van der Waals surface area (Å²) in [4.78, 5) is 24.6. The number of halogens is 1. The van der Waals surface area contributed by atoms with Crippen LogP contribution in [-0.2, 0) is 16.6 Å². The maximum atomic E-state index is 13.4. The SMILES string of the molecule is Cn1cc(C(=O)N2CC(C(F)C(=O)O)C2)c(C2CCCO2)n1. The molecule has 0 radical (unpaired) electrons. The Balaban J connectivity index is 1.70. The number of carboxylic acids is 1. The van der Waals surface area contributed by atoms with Crippen molar-refractivity contribution in [3.8, 4) is 0 Å². The first-order chi connectivity index (χ1) is 10.5. The zero-order chi connectivity index (χ0) is 15.9. The van der Waals surface area contributed by atoms with Crippen molar-refractivity contribution in [2.45, 2.75) is 25.1 Å². The summed E-state index contributed by atoms with van der Waals surface area (Å²) in [5, 5.41) is 13.0. The molecule has 0 spiro atoms. The minimum Gasteiger partial charge on any atom is -0.479 e. The van der Waals surface area contributed by atoms with Crippen molar-refractivity contribution in [3.63, 3.8) is 0 Å². The number of carbonyl (C=O) groups excluding carboxylic acids is 1. The monoisotopic (exact) mass is 311 g/mol. The zero-order valence-electron chi connectivity index (χ0n) is 12.2. The number of rotatable bonds is 4. The summed E-state index contributed by atoms with van der Waals surface area (Å²) < 4.78 is 20.5. The van der Waals surface area contributed by atoms with Crippen molar-refractivity contribution >= 4 is 11.9 Å². The van der Waals surface area contributed by atoms with Crippen LogP contribution in [-0.4, -0.2) is 57.5 Å². The molecule has 7 nitrogen and oxygen atoms in total. The molecule has 0 aromatic carbocycles. The molecule has 2 fully saturated rings. The van der Waals surface area contributed by atoms with Crippen LogP contribution in [0.2, 0.25) is 0 Å². The molecule has 22 heavy (non-hydrogen) atoms. The fourth-order valence-electron chi connectivity index (χ4n) is 2.94. The van der Waals surface area contributed by atoms with Crippen LogP contribution in [0.5, 0.6) is 0 Å². The normalized spacial score (nSPS) is 23.4. The molecule has 3 rings (SSSR count). The van der Waals surface area contributed by atoms with Crippen LogP contribution in [0.4, 0.5) is 4.39 Å². The summed E-state index contributed by atoms with van der Waals surface area (Å²) in [6.07, 6.45) is 1.30. The molecule has 0 aliphatic carbocycles. The lowest BCUT2D eigenvalue weighted by molar-refractivity contribution is -0.147. The van der Waals surface area contributed by atoms with Crippen molar-refractivity contribution in [1.82, 2.24) is 14.7 Å². The van der Waals surface area contributed by atoms with Crippen LogP contribution in [0.3, 0.4) is 0 Å². The Morgan fingerprint density at radius 3 is 2.82 bits per heavy atom. The minimum absolute atomic E-state index is 0.117. The molecule has 1 amide bonds. The Kier molecular flexibility index (Phi) is 3.86. The van der Waals surface area contributed by atoms with E-state index in [0.717, 1.165) is 12.8 Å². The molecule has 2 atom stereocenters. The fraction of sp³-hybridized carbons (Fsp3) is 0.643. The van der Waals surface area contributed by atoms with Gasteiger partial charge in [-0.05, 0) is 12.8 Å². The topological polar surface area (TPSA) is 84.7 Å². The van der Waals surface area contributed by atoms with Crippen molar-refractivity contribution in [1.29, 1.82) is 0 Å². The number of ether oxygens (including phenoxy) is 1. The number of aromatic nitrogens is 2. The quantitative estimate of drug-likeness (QED) is 0.887. The summed E-state index contributed by atoms with van der Waals surface area (Å²) >= 11 is 0. The van der Waals surface area contributed by atoms with E-state index in [9.17, 15) is 14.0 Å². The lowest BCUT2D eigenvalue weighted by Crippen LogP contribution is -2.55. The number of nitrogens with zero attached hydrogens (tertiary/aromatic N) is 3. The maximum absolute atomic E-state index is 13.4. The molecule has 0 saturated carbocycles. The average Bonchev–Trinajstić information content (AvgIpc) is 3.04. The second kappa shape index (κ2) is 5.68. The number of carbonyl (C=O) groups is 2. The number of hydrogen-bond acceptors (Lipinski definition) is 4. The van der Waals surface area contributed by atoms with Gasteiger partial charge in [-0.2, -0.15) is 5.10 Å². The molecule has 1 aromatic rings. The number of alkyl halides is 1. The first kappa shape index (κ1) is 15.0. The lowest BCUT2D eigenvalue weighted by atomic mass is 9.93. The van der Waals surface area contributed by atoms with Gasteiger partial charge in [-0.3, -0.25) is 9.48 Å². The van der Waals surface area contributed by atoms with E-state index in [1.54, 1.807) is 17.9 Å². The van der Waals surface area contributed by atoms with Crippen LogP contribution in [0.25, 0.3) is 0 Å². The highest BCUT2D eigenvalue weighted by Gasteiger charge is 2.41. The highest BCUT2D eigenvalue weighted by molar-refractivity contribution is 5.96. The van der Waals surface area contributed by atoms with Gasteiger partial charge in [0.05, 0.1) is 5.56 Å². The molecule has 0 bridgehead atoms. The second-order valence-electron chi connectivity index (χ2n) is 5.81. The third-order valence-electron chi connectivity index (χ3n) is 4.17. The van der Waals surface area contributed by atoms with E-state index in [0.29, 0.717) is 17.9 Å². The molecule has 2 aliphatic heterocycles. The van der Waals surface area contributed by atoms with Crippen LogP contribution >= 0.6 is 0 Å². The van der Waals surface area contributed by atoms with E-state index in [1.807, 2.05) is 0 Å². The number of likely N-dealkylation sites (tertiary alicyclic amines) is 1. The summed E-state index contributed by atoms with van der Waals surface area (Å²) in [6.45, 7) is 0.890. The summed E-state index contributed by atoms with van der Waals surface area (Å²) in [6, 6.07) is 0. The Morgan fingerprint density at radius 1 is 1.50 bits per heavy atom. The van der Waals surface area contributed by atoms with Gasteiger partial charge < -0.3 is 14.7 Å². The molecule has 8 heteroatoms. The molecular formula is C14H18FN3O4. The van der Waals surface area contributed by atoms with Crippen LogP contribution in [0.1, 0.15) is 35.0 Å². The smallest absolute Gasteiger partial charge is 0.338 e.